The van der Waals surface area contributed by atoms with E-state index in [9.17, 15) is 4.79 Å². The van der Waals surface area contributed by atoms with Crippen LogP contribution in [0.15, 0.2) is 59.2 Å². The molecule has 0 saturated carbocycles. The summed E-state index contributed by atoms with van der Waals surface area (Å²) in [7, 11) is 0. The van der Waals surface area contributed by atoms with Crippen molar-refractivity contribution in [1.82, 2.24) is 4.98 Å². The van der Waals surface area contributed by atoms with Gasteiger partial charge in [-0.3, -0.25) is 4.79 Å². The normalized spacial score (nSPS) is 10.7. The molecule has 0 aliphatic heterocycles. The molecule has 0 spiro atoms. The zero-order valence-corrected chi connectivity index (χ0v) is 9.67. The lowest BCUT2D eigenvalue weighted by molar-refractivity contribution is 0.0982. The van der Waals surface area contributed by atoms with Crippen LogP contribution in [0, 0.1) is 0 Å². The van der Waals surface area contributed by atoms with Gasteiger partial charge >= 0.3 is 0 Å². The molecule has 0 aliphatic carbocycles. The van der Waals surface area contributed by atoms with Crippen LogP contribution in [-0.2, 0) is 6.42 Å². The second-order valence-electron chi connectivity index (χ2n) is 4.07. The van der Waals surface area contributed by atoms with Crippen LogP contribution in [0.3, 0.4) is 0 Å². The van der Waals surface area contributed by atoms with Gasteiger partial charge in [-0.15, -0.1) is 0 Å². The Kier molecular flexibility index (Phi) is 2.65. The van der Waals surface area contributed by atoms with Gasteiger partial charge < -0.3 is 4.42 Å². The predicted molar refractivity (Wildman–Crippen MR) is 68.5 cm³/mol. The summed E-state index contributed by atoms with van der Waals surface area (Å²) in [6.07, 6.45) is 1.81. The number of furan rings is 1. The minimum Gasteiger partial charge on any atom is -0.469 e. The van der Waals surface area contributed by atoms with Crippen LogP contribution in [0.2, 0.25) is 0 Å². The first-order chi connectivity index (χ1) is 8.83. The number of benzene rings is 1. The molecule has 88 valence electrons. The van der Waals surface area contributed by atoms with Gasteiger partial charge in [0.15, 0.2) is 5.78 Å². The summed E-state index contributed by atoms with van der Waals surface area (Å²) in [6.45, 7) is 0. The number of nitrogens with zero attached hydrogens (tertiary/aromatic N) is 1. The minimum absolute atomic E-state index is 0.0318. The van der Waals surface area contributed by atoms with Gasteiger partial charge in [-0.25, -0.2) is 4.98 Å². The summed E-state index contributed by atoms with van der Waals surface area (Å²) >= 11 is 0. The number of pyridine rings is 1. The zero-order valence-electron chi connectivity index (χ0n) is 9.67. The van der Waals surface area contributed by atoms with Gasteiger partial charge in [0, 0.05) is 5.39 Å². The third-order valence-corrected chi connectivity index (χ3v) is 2.80. The van der Waals surface area contributed by atoms with Crippen molar-refractivity contribution in [2.24, 2.45) is 0 Å². The first-order valence-corrected chi connectivity index (χ1v) is 5.74. The van der Waals surface area contributed by atoms with Crippen LogP contribution < -0.4 is 0 Å². The predicted octanol–water partition coefficient (Wildman–Crippen LogP) is 3.25. The van der Waals surface area contributed by atoms with Crippen LogP contribution in [0.1, 0.15) is 16.2 Å². The summed E-state index contributed by atoms with van der Waals surface area (Å²) in [5, 5.41) is 1.03. The van der Waals surface area contributed by atoms with Crippen molar-refractivity contribution in [2.75, 3.05) is 0 Å². The Morgan fingerprint density at radius 3 is 2.78 bits per heavy atom. The van der Waals surface area contributed by atoms with Gasteiger partial charge in [0.05, 0.1) is 18.2 Å². The maximum absolute atomic E-state index is 12.0. The van der Waals surface area contributed by atoms with Crippen LogP contribution in [-0.4, -0.2) is 10.8 Å². The van der Waals surface area contributed by atoms with E-state index in [4.69, 9.17) is 4.42 Å². The fraction of sp³-hybridized carbons (Fsp3) is 0.0667. The third-order valence-electron chi connectivity index (χ3n) is 2.80. The fourth-order valence-corrected chi connectivity index (χ4v) is 1.88. The molecular weight excluding hydrogens is 226 g/mol. The number of rotatable bonds is 3. The van der Waals surface area contributed by atoms with E-state index in [1.807, 2.05) is 30.3 Å². The van der Waals surface area contributed by atoms with Crippen LogP contribution in [0.25, 0.3) is 10.9 Å². The molecule has 0 N–H and O–H groups in total. The highest BCUT2D eigenvalue weighted by atomic mass is 16.3. The monoisotopic (exact) mass is 237 g/mol. The molecule has 0 saturated heterocycles. The lowest BCUT2D eigenvalue weighted by Crippen LogP contribution is -2.05. The van der Waals surface area contributed by atoms with E-state index in [0.717, 1.165) is 10.9 Å². The van der Waals surface area contributed by atoms with Crippen molar-refractivity contribution < 1.29 is 9.21 Å². The maximum atomic E-state index is 12.0. The average molecular weight is 237 g/mol. The summed E-state index contributed by atoms with van der Waals surface area (Å²) in [6, 6.07) is 15.0. The number of ketones is 1. The van der Waals surface area contributed by atoms with E-state index in [0.29, 0.717) is 11.5 Å². The molecule has 3 heteroatoms. The van der Waals surface area contributed by atoms with Crippen molar-refractivity contribution in [3.8, 4) is 0 Å². The molecule has 3 aromatic rings. The minimum atomic E-state index is -0.0318. The van der Waals surface area contributed by atoms with Crippen LogP contribution in [0.4, 0.5) is 0 Å². The highest BCUT2D eigenvalue weighted by Crippen LogP contribution is 2.13. The molecule has 1 aromatic carbocycles. The second-order valence-corrected chi connectivity index (χ2v) is 4.07. The van der Waals surface area contributed by atoms with E-state index < -0.39 is 0 Å². The van der Waals surface area contributed by atoms with Crippen molar-refractivity contribution in [2.45, 2.75) is 6.42 Å². The molecule has 3 rings (SSSR count). The lowest BCUT2D eigenvalue weighted by Gasteiger charge is -2.01. The molecule has 0 amide bonds. The van der Waals surface area contributed by atoms with Crippen molar-refractivity contribution in [3.63, 3.8) is 0 Å². The van der Waals surface area contributed by atoms with Gasteiger partial charge in [-0.05, 0) is 24.3 Å². The van der Waals surface area contributed by atoms with Gasteiger partial charge in [-0.2, -0.15) is 0 Å². The standard InChI is InChI=1S/C15H11NO2/c17-15(10-12-5-3-9-18-12)14-8-7-11-4-1-2-6-13(11)16-14/h1-9H,10H2. The molecular formula is C15H11NO2. The molecule has 0 bridgehead atoms. The number of carbonyl (C=O) groups excluding carboxylic acids is 1. The first kappa shape index (κ1) is 10.7. The Morgan fingerprint density at radius 1 is 1.06 bits per heavy atom. The summed E-state index contributed by atoms with van der Waals surface area (Å²) < 4.78 is 5.16. The van der Waals surface area contributed by atoms with E-state index in [-0.39, 0.29) is 12.2 Å². The quantitative estimate of drug-likeness (QED) is 0.657. The molecule has 18 heavy (non-hydrogen) atoms. The zero-order chi connectivity index (χ0) is 12.4. The van der Waals surface area contributed by atoms with Crippen molar-refractivity contribution in [1.29, 1.82) is 0 Å². The van der Waals surface area contributed by atoms with Gasteiger partial charge in [0.2, 0.25) is 0 Å². The van der Waals surface area contributed by atoms with E-state index >= 15 is 0 Å². The molecule has 0 aliphatic rings. The number of aromatic nitrogens is 1. The lowest BCUT2D eigenvalue weighted by atomic mass is 10.1. The Labute approximate surface area is 104 Å². The van der Waals surface area contributed by atoms with Gasteiger partial charge in [0.25, 0.3) is 0 Å². The number of carbonyl (C=O) groups is 1. The van der Waals surface area contributed by atoms with Crippen LogP contribution >= 0.6 is 0 Å². The highest BCUT2D eigenvalue weighted by molar-refractivity contribution is 5.97. The Bertz CT molecular complexity index is 687. The fourth-order valence-electron chi connectivity index (χ4n) is 1.88. The molecule has 0 fully saturated rings. The summed E-state index contributed by atoms with van der Waals surface area (Å²) in [5.74, 6) is 0.630. The Balaban J connectivity index is 1.92. The molecule has 2 heterocycles. The van der Waals surface area contributed by atoms with E-state index in [1.165, 1.54) is 0 Å². The van der Waals surface area contributed by atoms with Gasteiger partial charge in [-0.1, -0.05) is 24.3 Å². The Morgan fingerprint density at radius 2 is 1.94 bits per heavy atom. The Hall–Kier alpha value is -2.42. The molecule has 3 nitrogen and oxygen atoms in total. The third kappa shape index (κ3) is 2.02. The van der Waals surface area contributed by atoms with Crippen molar-refractivity contribution in [3.05, 3.63) is 66.2 Å². The van der Waals surface area contributed by atoms with Gasteiger partial charge in [0.1, 0.15) is 11.5 Å². The van der Waals surface area contributed by atoms with E-state index in [1.54, 1.807) is 24.5 Å². The number of para-hydroxylation sites is 1. The summed E-state index contributed by atoms with van der Waals surface area (Å²) in [5.41, 5.74) is 1.31. The molecule has 0 radical (unpaired) electrons. The van der Waals surface area contributed by atoms with Crippen LogP contribution in [0.5, 0.6) is 0 Å². The number of hydrogen-bond donors (Lipinski definition) is 0. The SMILES string of the molecule is O=C(Cc1ccco1)c1ccc2ccccc2n1. The van der Waals surface area contributed by atoms with Crippen molar-refractivity contribution >= 4 is 16.7 Å². The highest BCUT2D eigenvalue weighted by Gasteiger charge is 2.10. The number of hydrogen-bond acceptors (Lipinski definition) is 3. The maximum Gasteiger partial charge on any atom is 0.188 e. The summed E-state index contributed by atoms with van der Waals surface area (Å²) in [4.78, 5) is 16.4. The number of fused-ring (bicyclic) bond motifs is 1. The average Bonchev–Trinajstić information content (AvgIpc) is 2.91. The first-order valence-electron chi connectivity index (χ1n) is 5.74. The molecule has 2 aromatic heterocycles. The molecule has 0 unspecified atom stereocenters. The smallest absolute Gasteiger partial charge is 0.188 e. The number of Topliss-reactive ketones (excluding diaryl/α,β-unsaturated/α-hetero) is 1. The van der Waals surface area contributed by atoms with E-state index in [2.05, 4.69) is 4.98 Å². The largest absolute Gasteiger partial charge is 0.469 e. The molecule has 0 atom stereocenters. The topological polar surface area (TPSA) is 43.1 Å². The second kappa shape index (κ2) is 4.45.